The molecule has 1 aromatic heterocycles. The molecule has 0 saturated carbocycles. The number of ether oxygens (including phenoxy) is 1. The zero-order valence-electron chi connectivity index (χ0n) is 11.0. The van der Waals surface area contributed by atoms with Gasteiger partial charge in [0.15, 0.2) is 0 Å². The molecule has 6 heteroatoms. The second-order valence-corrected chi connectivity index (χ2v) is 6.50. The number of benzene rings is 1. The van der Waals surface area contributed by atoms with Gasteiger partial charge in [0.2, 0.25) is 10.0 Å². The minimum atomic E-state index is -3.49. The van der Waals surface area contributed by atoms with Crippen LogP contribution >= 0.6 is 0 Å². The van der Waals surface area contributed by atoms with E-state index >= 15 is 0 Å². The van der Waals surface area contributed by atoms with Crippen LogP contribution in [-0.2, 0) is 23.1 Å². The number of aromatic nitrogens is 1. The highest BCUT2D eigenvalue weighted by molar-refractivity contribution is 7.89. The minimum Gasteiger partial charge on any atom is -0.497 e. The maximum atomic E-state index is 12.6. The van der Waals surface area contributed by atoms with Crippen molar-refractivity contribution in [3.63, 3.8) is 0 Å². The average Bonchev–Trinajstić information content (AvgIpc) is 2.92. The van der Waals surface area contributed by atoms with Crippen molar-refractivity contribution in [1.82, 2.24) is 9.29 Å². The second-order valence-electron chi connectivity index (χ2n) is 4.56. The first kappa shape index (κ1) is 13.1. The maximum absolute atomic E-state index is 12.6. The van der Waals surface area contributed by atoms with E-state index in [9.17, 15) is 8.42 Å². The maximum Gasteiger partial charge on any atom is 0.243 e. The molecule has 0 spiro atoms. The molecule has 0 amide bonds. The van der Waals surface area contributed by atoms with Gasteiger partial charge in [0, 0.05) is 12.7 Å². The summed E-state index contributed by atoms with van der Waals surface area (Å²) in [6.07, 6.45) is 1.68. The molecule has 0 unspecified atom stereocenters. The molecule has 0 fully saturated rings. The molecule has 0 saturated heterocycles. The fourth-order valence-electron chi connectivity index (χ4n) is 2.24. The van der Waals surface area contributed by atoms with Crippen LogP contribution in [0, 0.1) is 0 Å². The summed E-state index contributed by atoms with van der Waals surface area (Å²) in [4.78, 5) is 4.49. The Morgan fingerprint density at radius 2 is 1.90 bits per heavy atom. The third-order valence-corrected chi connectivity index (χ3v) is 5.16. The molecule has 2 heterocycles. The van der Waals surface area contributed by atoms with Crippen LogP contribution in [0.5, 0.6) is 5.75 Å². The summed E-state index contributed by atoms with van der Waals surface area (Å²) in [7, 11) is -1.95. The Hall–Kier alpha value is -1.92. The van der Waals surface area contributed by atoms with Gasteiger partial charge in [-0.25, -0.2) is 8.42 Å². The standard InChI is InChI=1S/C14H14N2O3S/c1-19-12-4-6-13(7-5-12)20(17,18)16-9-11-3-2-8-15-14(11)10-16/h2-8H,9-10H2,1H3. The number of pyridine rings is 1. The molecular weight excluding hydrogens is 276 g/mol. The molecule has 104 valence electrons. The van der Waals surface area contributed by atoms with E-state index < -0.39 is 10.0 Å². The largest absolute Gasteiger partial charge is 0.497 e. The molecule has 0 N–H and O–H groups in total. The molecule has 0 atom stereocenters. The lowest BCUT2D eigenvalue weighted by Gasteiger charge is -2.15. The number of hydrogen-bond acceptors (Lipinski definition) is 4. The van der Waals surface area contributed by atoms with Crippen molar-refractivity contribution < 1.29 is 13.2 Å². The smallest absolute Gasteiger partial charge is 0.243 e. The quantitative estimate of drug-likeness (QED) is 0.865. The summed E-state index contributed by atoms with van der Waals surface area (Å²) in [5, 5.41) is 0. The zero-order valence-corrected chi connectivity index (χ0v) is 11.8. The number of sulfonamides is 1. The van der Waals surface area contributed by atoms with Crippen LogP contribution in [-0.4, -0.2) is 24.8 Å². The van der Waals surface area contributed by atoms with Gasteiger partial charge in [-0.3, -0.25) is 4.98 Å². The van der Waals surface area contributed by atoms with E-state index in [1.54, 1.807) is 37.6 Å². The molecule has 20 heavy (non-hydrogen) atoms. The summed E-state index contributed by atoms with van der Waals surface area (Å²) in [6.45, 7) is 0.696. The van der Waals surface area contributed by atoms with Gasteiger partial charge in [-0.05, 0) is 35.9 Å². The lowest BCUT2D eigenvalue weighted by Crippen LogP contribution is -2.25. The molecule has 0 aliphatic carbocycles. The fraction of sp³-hybridized carbons (Fsp3) is 0.214. The van der Waals surface area contributed by atoms with E-state index in [0.29, 0.717) is 18.8 Å². The van der Waals surface area contributed by atoms with Crippen LogP contribution in [0.3, 0.4) is 0 Å². The van der Waals surface area contributed by atoms with E-state index in [0.717, 1.165) is 11.3 Å². The van der Waals surface area contributed by atoms with Crippen molar-refractivity contribution in [3.8, 4) is 5.75 Å². The van der Waals surface area contributed by atoms with Crippen LogP contribution in [0.1, 0.15) is 11.3 Å². The molecule has 2 aromatic rings. The molecule has 0 bridgehead atoms. The molecule has 0 radical (unpaired) electrons. The topological polar surface area (TPSA) is 59.5 Å². The van der Waals surface area contributed by atoms with Gasteiger partial charge in [0.05, 0.1) is 24.2 Å². The van der Waals surface area contributed by atoms with Gasteiger partial charge in [-0.2, -0.15) is 4.31 Å². The van der Waals surface area contributed by atoms with Crippen LogP contribution in [0.2, 0.25) is 0 Å². The van der Waals surface area contributed by atoms with Crippen molar-refractivity contribution in [2.45, 2.75) is 18.0 Å². The Kier molecular flexibility index (Phi) is 3.19. The highest BCUT2D eigenvalue weighted by Crippen LogP contribution is 2.27. The molecule has 1 aliphatic rings. The summed E-state index contributed by atoms with van der Waals surface area (Å²) in [5.74, 6) is 0.635. The highest BCUT2D eigenvalue weighted by Gasteiger charge is 2.31. The van der Waals surface area contributed by atoms with E-state index in [-0.39, 0.29) is 4.90 Å². The fourth-order valence-corrected chi connectivity index (χ4v) is 3.62. The lowest BCUT2D eigenvalue weighted by molar-refractivity contribution is 0.413. The predicted octanol–water partition coefficient (Wildman–Crippen LogP) is 1.79. The first-order valence-corrected chi connectivity index (χ1v) is 7.62. The summed E-state index contributed by atoms with van der Waals surface area (Å²) in [6, 6.07) is 10.1. The summed E-state index contributed by atoms with van der Waals surface area (Å²) in [5.41, 5.74) is 1.79. The van der Waals surface area contributed by atoms with Gasteiger partial charge in [0.25, 0.3) is 0 Å². The first-order chi connectivity index (χ1) is 9.61. The molecular formula is C14H14N2O3S. The van der Waals surface area contributed by atoms with Crippen LogP contribution in [0.15, 0.2) is 47.5 Å². The van der Waals surface area contributed by atoms with E-state index in [1.807, 2.05) is 12.1 Å². The lowest BCUT2D eigenvalue weighted by atomic mass is 10.2. The molecule has 1 aliphatic heterocycles. The third-order valence-electron chi connectivity index (χ3n) is 3.35. The number of hydrogen-bond donors (Lipinski definition) is 0. The monoisotopic (exact) mass is 290 g/mol. The number of fused-ring (bicyclic) bond motifs is 1. The van der Waals surface area contributed by atoms with Crippen LogP contribution in [0.4, 0.5) is 0 Å². The summed E-state index contributed by atoms with van der Waals surface area (Å²) >= 11 is 0. The Morgan fingerprint density at radius 3 is 2.55 bits per heavy atom. The Bertz CT molecular complexity index is 701. The van der Waals surface area contributed by atoms with Crippen molar-refractivity contribution in [2.24, 2.45) is 0 Å². The van der Waals surface area contributed by atoms with Gasteiger partial charge in [-0.1, -0.05) is 6.07 Å². The molecule has 3 rings (SSSR count). The predicted molar refractivity (Wildman–Crippen MR) is 73.7 cm³/mol. The van der Waals surface area contributed by atoms with E-state index in [2.05, 4.69) is 4.98 Å². The summed E-state index contributed by atoms with van der Waals surface area (Å²) < 4.78 is 31.6. The first-order valence-electron chi connectivity index (χ1n) is 6.18. The van der Waals surface area contributed by atoms with Crippen molar-refractivity contribution >= 4 is 10.0 Å². The number of methoxy groups -OCH3 is 1. The Balaban J connectivity index is 1.90. The van der Waals surface area contributed by atoms with Gasteiger partial charge < -0.3 is 4.74 Å². The third kappa shape index (κ3) is 2.17. The van der Waals surface area contributed by atoms with Crippen molar-refractivity contribution in [3.05, 3.63) is 53.9 Å². The van der Waals surface area contributed by atoms with Crippen molar-refractivity contribution in [2.75, 3.05) is 7.11 Å². The second kappa shape index (κ2) is 4.88. The Morgan fingerprint density at radius 1 is 1.15 bits per heavy atom. The van der Waals surface area contributed by atoms with Gasteiger partial charge in [-0.15, -0.1) is 0 Å². The normalized spacial score (nSPS) is 15.1. The average molecular weight is 290 g/mol. The molecule has 5 nitrogen and oxygen atoms in total. The van der Waals surface area contributed by atoms with Crippen LogP contribution < -0.4 is 4.74 Å². The molecule has 1 aromatic carbocycles. The van der Waals surface area contributed by atoms with Gasteiger partial charge in [0.1, 0.15) is 5.75 Å². The van der Waals surface area contributed by atoms with Crippen LogP contribution in [0.25, 0.3) is 0 Å². The van der Waals surface area contributed by atoms with E-state index in [4.69, 9.17) is 4.74 Å². The van der Waals surface area contributed by atoms with Crippen molar-refractivity contribution in [1.29, 1.82) is 0 Å². The Labute approximate surface area is 117 Å². The van der Waals surface area contributed by atoms with E-state index in [1.165, 1.54) is 4.31 Å². The van der Waals surface area contributed by atoms with Gasteiger partial charge >= 0.3 is 0 Å². The highest BCUT2D eigenvalue weighted by atomic mass is 32.2. The zero-order chi connectivity index (χ0) is 14.2. The minimum absolute atomic E-state index is 0.270. The SMILES string of the molecule is COc1ccc(S(=O)(=O)N2Cc3cccnc3C2)cc1. The number of rotatable bonds is 3. The number of nitrogens with zero attached hydrogens (tertiary/aromatic N) is 2.